The summed E-state index contributed by atoms with van der Waals surface area (Å²) in [5, 5.41) is 0. The Morgan fingerprint density at radius 2 is 1.43 bits per heavy atom. The first-order valence-corrected chi connectivity index (χ1v) is 14.8. The molecule has 1 nitrogen and oxygen atoms in total. The smallest absolute Gasteiger partial charge is 0.316 e. The lowest BCUT2D eigenvalue weighted by molar-refractivity contribution is -0.249. The van der Waals surface area contributed by atoms with Crippen molar-refractivity contribution < 1.29 is 17.9 Å². The van der Waals surface area contributed by atoms with Crippen LogP contribution < -0.4 is 0 Å². The molecule has 0 radical (unpaired) electrons. The van der Waals surface area contributed by atoms with Crippen molar-refractivity contribution >= 4 is 0 Å². The number of rotatable bonds is 11. The fourth-order valence-electron chi connectivity index (χ4n) is 6.41. The number of hydrogen-bond donors (Lipinski definition) is 0. The summed E-state index contributed by atoms with van der Waals surface area (Å²) in [6.45, 7) is 4.38. The van der Waals surface area contributed by atoms with E-state index in [0.717, 1.165) is 48.6 Å². The van der Waals surface area contributed by atoms with Crippen molar-refractivity contribution in [2.75, 3.05) is 6.61 Å². The number of benzene rings is 2. The number of hydrogen-bond acceptors (Lipinski definition) is 1. The molecule has 0 spiro atoms. The highest BCUT2D eigenvalue weighted by Gasteiger charge is 2.36. The van der Waals surface area contributed by atoms with E-state index in [1.54, 1.807) is 6.07 Å². The van der Waals surface area contributed by atoms with Crippen LogP contribution in [0.4, 0.5) is 13.2 Å². The molecule has 2 aromatic carbocycles. The Kier molecular flexibility index (Phi) is 10.1. The quantitative estimate of drug-likeness (QED) is 0.271. The maximum Gasteiger partial charge on any atom is 0.386 e. The van der Waals surface area contributed by atoms with Crippen LogP contribution in [0, 0.1) is 17.7 Å². The van der Waals surface area contributed by atoms with Gasteiger partial charge in [0.15, 0.2) is 0 Å². The minimum Gasteiger partial charge on any atom is -0.316 e. The second-order valence-electron chi connectivity index (χ2n) is 11.8. The van der Waals surface area contributed by atoms with Crippen LogP contribution >= 0.6 is 0 Å². The van der Waals surface area contributed by atoms with Gasteiger partial charge >= 0.3 is 6.11 Å². The van der Waals surface area contributed by atoms with Gasteiger partial charge in [-0.25, -0.2) is 4.39 Å². The summed E-state index contributed by atoms with van der Waals surface area (Å²) in [5.41, 5.74) is 2.49. The van der Waals surface area contributed by atoms with Gasteiger partial charge in [0.2, 0.25) is 0 Å². The summed E-state index contributed by atoms with van der Waals surface area (Å²) in [6, 6.07) is 12.5. The third-order valence-electron chi connectivity index (χ3n) is 8.98. The molecule has 2 fully saturated rings. The Labute approximate surface area is 222 Å². The lowest BCUT2D eigenvalue weighted by Gasteiger charge is -2.29. The summed E-state index contributed by atoms with van der Waals surface area (Å²) < 4.78 is 49.3. The van der Waals surface area contributed by atoms with Crippen molar-refractivity contribution in [2.24, 2.45) is 11.8 Å². The van der Waals surface area contributed by atoms with Crippen molar-refractivity contribution in [3.8, 4) is 0 Å². The molecular formula is C33H45F3O. The Hall–Kier alpha value is -1.81. The Balaban J connectivity index is 1.26. The highest BCUT2D eigenvalue weighted by atomic mass is 19.3. The average Bonchev–Trinajstić information content (AvgIpc) is 2.90. The van der Waals surface area contributed by atoms with E-state index < -0.39 is 17.5 Å². The van der Waals surface area contributed by atoms with Crippen LogP contribution in [-0.2, 0) is 17.3 Å². The maximum absolute atomic E-state index is 14.8. The zero-order valence-electron chi connectivity index (χ0n) is 22.8. The minimum absolute atomic E-state index is 0.156. The Morgan fingerprint density at radius 3 is 2.08 bits per heavy atom. The van der Waals surface area contributed by atoms with Gasteiger partial charge < -0.3 is 4.74 Å². The van der Waals surface area contributed by atoms with Gasteiger partial charge in [0.25, 0.3) is 0 Å². The Bertz CT molecular complexity index is 954. The third kappa shape index (κ3) is 7.85. The first-order chi connectivity index (χ1) is 17.9. The molecule has 0 atom stereocenters. The molecule has 0 N–H and O–H groups in total. The first kappa shape index (κ1) is 28.2. The number of ether oxygens (including phenoxy) is 1. The normalized spacial score (nSPS) is 24.8. The van der Waals surface area contributed by atoms with Gasteiger partial charge in [-0.2, -0.15) is 8.78 Å². The standard InChI is InChI=1S/C33H45F3O/c1-3-4-5-6-25-9-17-29(18-10-25)30-19-20-31(32(34)23-30)33(35,36)37-22-21-26-11-15-28(16-12-26)27-13-7-24(2)8-14-27/h11-12,15-16,19-20,23-25,27,29H,3-10,13-14,17-18,21-22H2,1-2H3/t24-,25-,27-,29-. The molecule has 0 unspecified atom stereocenters. The zero-order valence-corrected chi connectivity index (χ0v) is 22.8. The molecule has 0 saturated heterocycles. The predicted octanol–water partition coefficient (Wildman–Crippen LogP) is 10.3. The van der Waals surface area contributed by atoms with Crippen LogP contribution in [0.15, 0.2) is 42.5 Å². The maximum atomic E-state index is 14.8. The Morgan fingerprint density at radius 1 is 0.811 bits per heavy atom. The molecular weight excluding hydrogens is 469 g/mol. The SMILES string of the molecule is CCCCC[C@H]1CC[C@H](c2ccc(C(F)(F)OCCc3ccc([C@H]4CC[C@H](C)CC4)cc3)c(F)c2)CC1. The number of halogens is 3. The van der Waals surface area contributed by atoms with Crippen molar-refractivity contribution in [3.05, 3.63) is 70.5 Å². The van der Waals surface area contributed by atoms with Crippen molar-refractivity contribution in [1.82, 2.24) is 0 Å². The fourth-order valence-corrected chi connectivity index (χ4v) is 6.41. The monoisotopic (exact) mass is 514 g/mol. The van der Waals surface area contributed by atoms with Gasteiger partial charge in [0, 0.05) is 0 Å². The van der Waals surface area contributed by atoms with Crippen LogP contribution in [0.2, 0.25) is 0 Å². The molecule has 2 aliphatic carbocycles. The van der Waals surface area contributed by atoms with E-state index >= 15 is 0 Å². The minimum atomic E-state index is -3.64. The van der Waals surface area contributed by atoms with E-state index in [-0.39, 0.29) is 12.5 Å². The van der Waals surface area contributed by atoms with Gasteiger partial charge in [-0.15, -0.1) is 0 Å². The van der Waals surface area contributed by atoms with Crippen molar-refractivity contribution in [3.63, 3.8) is 0 Å². The average molecular weight is 515 g/mol. The van der Waals surface area contributed by atoms with E-state index in [4.69, 9.17) is 4.74 Å². The topological polar surface area (TPSA) is 9.23 Å². The highest BCUT2D eigenvalue weighted by molar-refractivity contribution is 5.29. The van der Waals surface area contributed by atoms with Gasteiger partial charge in [-0.1, -0.05) is 82.7 Å². The molecule has 2 aromatic rings. The fraction of sp³-hybridized carbons (Fsp3) is 0.636. The molecule has 0 amide bonds. The van der Waals surface area contributed by atoms with Crippen LogP contribution in [0.5, 0.6) is 0 Å². The van der Waals surface area contributed by atoms with E-state index in [9.17, 15) is 13.2 Å². The molecule has 2 saturated carbocycles. The van der Waals surface area contributed by atoms with Gasteiger partial charge in [-0.3, -0.25) is 0 Å². The molecule has 37 heavy (non-hydrogen) atoms. The van der Waals surface area contributed by atoms with Gasteiger partial charge in [0.05, 0.1) is 12.2 Å². The number of unbranched alkanes of at least 4 members (excludes halogenated alkanes) is 2. The predicted molar refractivity (Wildman–Crippen MR) is 146 cm³/mol. The lowest BCUT2D eigenvalue weighted by atomic mass is 9.77. The zero-order chi connectivity index (χ0) is 26.3. The second-order valence-corrected chi connectivity index (χ2v) is 11.8. The summed E-state index contributed by atoms with van der Waals surface area (Å²) in [6.07, 6.45) is 11.1. The molecule has 4 rings (SSSR count). The second kappa shape index (κ2) is 13.3. The van der Waals surface area contributed by atoms with Crippen molar-refractivity contribution in [2.45, 2.75) is 115 Å². The lowest BCUT2D eigenvalue weighted by Crippen LogP contribution is -2.22. The first-order valence-electron chi connectivity index (χ1n) is 14.8. The van der Waals surface area contributed by atoms with E-state index in [1.165, 1.54) is 69.1 Å². The van der Waals surface area contributed by atoms with E-state index in [2.05, 4.69) is 26.0 Å². The largest absolute Gasteiger partial charge is 0.386 e. The van der Waals surface area contributed by atoms with Crippen LogP contribution in [0.25, 0.3) is 0 Å². The molecule has 2 aliphatic rings. The summed E-state index contributed by atoms with van der Waals surface area (Å²) >= 11 is 0. The van der Waals surface area contributed by atoms with Gasteiger partial charge in [-0.05, 0) is 97.4 Å². The highest BCUT2D eigenvalue weighted by Crippen LogP contribution is 2.40. The number of alkyl halides is 2. The molecule has 0 aromatic heterocycles. The molecule has 0 bridgehead atoms. The third-order valence-corrected chi connectivity index (χ3v) is 8.98. The molecule has 4 heteroatoms. The van der Waals surface area contributed by atoms with Crippen LogP contribution in [0.3, 0.4) is 0 Å². The van der Waals surface area contributed by atoms with E-state index in [0.29, 0.717) is 12.3 Å². The molecule has 0 heterocycles. The van der Waals surface area contributed by atoms with E-state index in [1.807, 2.05) is 12.1 Å². The molecule has 0 aliphatic heterocycles. The van der Waals surface area contributed by atoms with Crippen LogP contribution in [-0.4, -0.2) is 6.61 Å². The van der Waals surface area contributed by atoms with Crippen molar-refractivity contribution in [1.29, 1.82) is 0 Å². The summed E-state index contributed by atoms with van der Waals surface area (Å²) in [4.78, 5) is 0. The summed E-state index contributed by atoms with van der Waals surface area (Å²) in [5.74, 6) is 1.59. The van der Waals surface area contributed by atoms with Crippen LogP contribution in [0.1, 0.15) is 125 Å². The molecule has 204 valence electrons. The summed E-state index contributed by atoms with van der Waals surface area (Å²) in [7, 11) is 0. The van der Waals surface area contributed by atoms with Gasteiger partial charge in [0.1, 0.15) is 5.82 Å².